The van der Waals surface area contributed by atoms with E-state index in [2.05, 4.69) is 24.0 Å². The zero-order valence-electron chi connectivity index (χ0n) is 23.8. The molecule has 2 heterocycles. The Kier molecular flexibility index (Phi) is 8.29. The first kappa shape index (κ1) is 27.8. The molecule has 1 N–H and O–H groups in total. The van der Waals surface area contributed by atoms with E-state index < -0.39 is 5.76 Å². The van der Waals surface area contributed by atoms with E-state index in [0.29, 0.717) is 23.6 Å². The van der Waals surface area contributed by atoms with Crippen LogP contribution in [0.1, 0.15) is 56.3 Å². The van der Waals surface area contributed by atoms with Gasteiger partial charge >= 0.3 is 5.76 Å². The van der Waals surface area contributed by atoms with Gasteiger partial charge in [-0.2, -0.15) is 0 Å². The van der Waals surface area contributed by atoms with E-state index in [4.69, 9.17) is 14.2 Å². The quantitative estimate of drug-likeness (QED) is 0.220. The summed E-state index contributed by atoms with van der Waals surface area (Å²) in [5, 5.41) is 3.85. The highest BCUT2D eigenvalue weighted by Gasteiger charge is 2.17. The number of nitrogens with one attached hydrogen (secondary N) is 1. The van der Waals surface area contributed by atoms with Gasteiger partial charge in [0.05, 0.1) is 17.5 Å². The Morgan fingerprint density at radius 2 is 1.66 bits per heavy atom. The van der Waals surface area contributed by atoms with Crippen molar-refractivity contribution in [2.24, 2.45) is 0 Å². The Labute approximate surface area is 238 Å². The van der Waals surface area contributed by atoms with Crippen molar-refractivity contribution < 1.29 is 9.26 Å². The van der Waals surface area contributed by atoms with Crippen LogP contribution in [0, 0.1) is 6.92 Å². The summed E-state index contributed by atoms with van der Waals surface area (Å²) < 4.78 is 12.3. The molecule has 3 aromatic carbocycles. The van der Waals surface area contributed by atoms with Crippen molar-refractivity contribution in [2.45, 2.75) is 59.5 Å². The second-order valence-electron chi connectivity index (χ2n) is 10.2. The van der Waals surface area contributed by atoms with Crippen molar-refractivity contribution in [2.75, 3.05) is 0 Å². The van der Waals surface area contributed by atoms with Crippen LogP contribution in [0.3, 0.4) is 0 Å². The molecule has 210 valence electrons. The maximum Gasteiger partial charge on any atom is 0.439 e. The van der Waals surface area contributed by atoms with Gasteiger partial charge in [0, 0.05) is 17.5 Å². The summed E-state index contributed by atoms with van der Waals surface area (Å²) in [6, 6.07) is 23.4. The number of aryl methyl sites for hydroxylation is 2. The number of nitrogens with zero attached hydrogens (tertiary/aromatic N) is 3. The highest BCUT2D eigenvalue weighted by Crippen LogP contribution is 2.30. The molecule has 0 spiro atoms. The Morgan fingerprint density at radius 1 is 0.951 bits per heavy atom. The molecule has 41 heavy (non-hydrogen) atoms. The standard InChI is InChI=1S/C33H34N4O4/c1-5-9-30-29(32(38)37(22(4)34-30)25-16-18-26(19-17-25)40-21(3)6-2)20-23-12-14-24(15-13-23)27-10-7-8-11-28(27)31-35-33(39)41-36-31/h7-8,10-19,21H,5-6,9,20H2,1-4H3,(H,35,36,39). The first-order valence-electron chi connectivity index (χ1n) is 14.0. The molecule has 0 aliphatic rings. The molecule has 8 heteroatoms. The predicted molar refractivity (Wildman–Crippen MR) is 160 cm³/mol. The van der Waals surface area contributed by atoms with Gasteiger partial charge in [-0.3, -0.25) is 18.9 Å². The van der Waals surface area contributed by atoms with Crippen LogP contribution in [0.2, 0.25) is 0 Å². The average molecular weight is 551 g/mol. The van der Waals surface area contributed by atoms with E-state index in [1.807, 2.05) is 86.6 Å². The van der Waals surface area contributed by atoms with Crippen LogP contribution < -0.4 is 16.1 Å². The van der Waals surface area contributed by atoms with Gasteiger partial charge in [-0.1, -0.05) is 74.0 Å². The van der Waals surface area contributed by atoms with Gasteiger partial charge < -0.3 is 4.74 Å². The molecular formula is C33H34N4O4. The lowest BCUT2D eigenvalue weighted by atomic mass is 9.96. The summed E-state index contributed by atoms with van der Waals surface area (Å²) in [6.07, 6.45) is 3.13. The van der Waals surface area contributed by atoms with Crippen molar-refractivity contribution >= 4 is 0 Å². The predicted octanol–water partition coefficient (Wildman–Crippen LogP) is 6.27. The molecule has 0 fully saturated rings. The lowest BCUT2D eigenvalue weighted by Gasteiger charge is -2.17. The fraction of sp³-hybridized carbons (Fsp3) is 0.273. The highest BCUT2D eigenvalue weighted by molar-refractivity contribution is 5.80. The molecule has 0 saturated carbocycles. The summed E-state index contributed by atoms with van der Waals surface area (Å²) in [5.41, 5.74) is 5.89. The minimum atomic E-state index is -0.597. The molecule has 0 bridgehead atoms. The van der Waals surface area contributed by atoms with Crippen LogP contribution in [-0.2, 0) is 12.8 Å². The largest absolute Gasteiger partial charge is 0.491 e. The van der Waals surface area contributed by atoms with Crippen molar-refractivity contribution in [3.8, 4) is 34.0 Å². The molecule has 0 amide bonds. The third-order valence-corrected chi connectivity index (χ3v) is 7.19. The number of hydrogen-bond acceptors (Lipinski definition) is 6. The Hall–Kier alpha value is -4.72. The maximum atomic E-state index is 13.9. The van der Waals surface area contributed by atoms with E-state index in [9.17, 15) is 9.59 Å². The number of hydrogen-bond donors (Lipinski definition) is 1. The maximum absolute atomic E-state index is 13.9. The summed E-state index contributed by atoms with van der Waals surface area (Å²) in [7, 11) is 0. The van der Waals surface area contributed by atoms with E-state index in [1.54, 1.807) is 4.57 Å². The van der Waals surface area contributed by atoms with Crippen LogP contribution in [0.5, 0.6) is 5.75 Å². The van der Waals surface area contributed by atoms with Gasteiger partial charge in [-0.15, -0.1) is 0 Å². The number of rotatable bonds is 10. The Morgan fingerprint density at radius 3 is 2.29 bits per heavy atom. The number of aromatic amines is 1. The van der Waals surface area contributed by atoms with E-state index in [-0.39, 0.29) is 11.7 Å². The van der Waals surface area contributed by atoms with E-state index in [0.717, 1.165) is 58.6 Å². The summed E-state index contributed by atoms with van der Waals surface area (Å²) >= 11 is 0. The second kappa shape index (κ2) is 12.2. The molecule has 0 aliphatic carbocycles. The van der Waals surface area contributed by atoms with Crippen molar-refractivity contribution in [3.63, 3.8) is 0 Å². The van der Waals surface area contributed by atoms with Gasteiger partial charge in [0.25, 0.3) is 5.56 Å². The molecule has 0 aliphatic heterocycles. The zero-order chi connectivity index (χ0) is 28.9. The van der Waals surface area contributed by atoms with Gasteiger partial charge in [-0.05, 0) is 67.6 Å². The highest BCUT2D eigenvalue weighted by atomic mass is 16.5. The van der Waals surface area contributed by atoms with Gasteiger partial charge in [0.2, 0.25) is 0 Å². The number of ether oxygens (including phenoxy) is 1. The normalized spacial score (nSPS) is 11.9. The smallest absolute Gasteiger partial charge is 0.439 e. The molecule has 0 radical (unpaired) electrons. The second-order valence-corrected chi connectivity index (χ2v) is 10.2. The van der Waals surface area contributed by atoms with Crippen molar-refractivity contribution in [3.05, 3.63) is 116 Å². The number of aromatic nitrogens is 4. The van der Waals surface area contributed by atoms with Crippen molar-refractivity contribution in [1.82, 2.24) is 19.7 Å². The van der Waals surface area contributed by atoms with Crippen molar-refractivity contribution in [1.29, 1.82) is 0 Å². The Balaban J connectivity index is 1.47. The summed E-state index contributed by atoms with van der Waals surface area (Å²) in [4.78, 5) is 32.9. The molecule has 8 nitrogen and oxygen atoms in total. The van der Waals surface area contributed by atoms with Crippen LogP contribution in [0.15, 0.2) is 86.9 Å². The molecule has 5 rings (SSSR count). The molecule has 5 aromatic rings. The summed E-state index contributed by atoms with van der Waals surface area (Å²) in [6.45, 7) is 8.09. The van der Waals surface area contributed by atoms with E-state index in [1.165, 1.54) is 0 Å². The topological polar surface area (TPSA) is 103 Å². The zero-order valence-corrected chi connectivity index (χ0v) is 23.8. The first-order chi connectivity index (χ1) is 19.9. The van der Waals surface area contributed by atoms with Gasteiger partial charge in [0.1, 0.15) is 11.6 Å². The fourth-order valence-electron chi connectivity index (χ4n) is 4.93. The number of H-pyrrole nitrogens is 1. The Bertz CT molecular complexity index is 1750. The minimum absolute atomic E-state index is 0.0547. The van der Waals surface area contributed by atoms with Gasteiger partial charge in [-0.25, -0.2) is 9.78 Å². The third-order valence-electron chi connectivity index (χ3n) is 7.19. The molecule has 1 unspecified atom stereocenters. The van der Waals surface area contributed by atoms with Crippen LogP contribution >= 0.6 is 0 Å². The lowest BCUT2D eigenvalue weighted by Crippen LogP contribution is -2.28. The number of benzene rings is 3. The van der Waals surface area contributed by atoms with Crippen LogP contribution in [0.4, 0.5) is 0 Å². The fourth-order valence-corrected chi connectivity index (χ4v) is 4.93. The molecule has 1 atom stereocenters. The minimum Gasteiger partial charge on any atom is -0.491 e. The SMILES string of the molecule is CCCc1nc(C)n(-c2ccc(OC(C)CC)cc2)c(=O)c1Cc1ccc(-c2ccccc2-c2noc(=O)[nH]2)cc1. The lowest BCUT2D eigenvalue weighted by molar-refractivity contribution is 0.217. The average Bonchev–Trinajstić information content (AvgIpc) is 3.42. The monoisotopic (exact) mass is 550 g/mol. The first-order valence-corrected chi connectivity index (χ1v) is 14.0. The van der Waals surface area contributed by atoms with Crippen LogP contribution in [-0.4, -0.2) is 25.8 Å². The molecule has 0 saturated heterocycles. The van der Waals surface area contributed by atoms with Crippen LogP contribution in [0.25, 0.3) is 28.2 Å². The molecular weight excluding hydrogens is 516 g/mol. The van der Waals surface area contributed by atoms with Gasteiger partial charge in [0.15, 0.2) is 5.82 Å². The summed E-state index contributed by atoms with van der Waals surface area (Å²) in [5.74, 6) is 1.22. The third kappa shape index (κ3) is 6.06. The molecule has 2 aromatic heterocycles. The van der Waals surface area contributed by atoms with E-state index >= 15 is 0 Å².